The van der Waals surface area contributed by atoms with Crippen LogP contribution in [0.4, 0.5) is 5.69 Å². The number of nitrogens with zero attached hydrogens (tertiary/aromatic N) is 1. The summed E-state index contributed by atoms with van der Waals surface area (Å²) < 4.78 is 0. The summed E-state index contributed by atoms with van der Waals surface area (Å²) in [7, 11) is 3.44. The number of carbonyl (C=O) groups is 1. The first-order chi connectivity index (χ1) is 7.56. The molecule has 0 bridgehead atoms. The SMILES string of the molecule is CNC(=O)CN(C)c1ccccc1C(C)O. The van der Waals surface area contributed by atoms with E-state index in [4.69, 9.17) is 0 Å². The molecule has 0 spiro atoms. The van der Waals surface area contributed by atoms with E-state index in [1.807, 2.05) is 36.2 Å². The summed E-state index contributed by atoms with van der Waals surface area (Å²) in [5.41, 5.74) is 1.70. The van der Waals surface area contributed by atoms with Gasteiger partial charge in [0.1, 0.15) is 0 Å². The Kier molecular flexibility index (Phi) is 4.31. The lowest BCUT2D eigenvalue weighted by Crippen LogP contribution is -2.33. The van der Waals surface area contributed by atoms with Crippen LogP contribution in [0.2, 0.25) is 0 Å². The van der Waals surface area contributed by atoms with Gasteiger partial charge in [0, 0.05) is 25.3 Å². The van der Waals surface area contributed by atoms with Gasteiger partial charge in [-0.05, 0) is 13.0 Å². The van der Waals surface area contributed by atoms with Gasteiger partial charge >= 0.3 is 0 Å². The molecule has 1 aromatic rings. The molecule has 1 amide bonds. The van der Waals surface area contributed by atoms with E-state index in [0.29, 0.717) is 0 Å². The van der Waals surface area contributed by atoms with Crippen molar-refractivity contribution < 1.29 is 9.90 Å². The molecule has 16 heavy (non-hydrogen) atoms. The van der Waals surface area contributed by atoms with Crippen LogP contribution in [0.5, 0.6) is 0 Å². The molecule has 1 rings (SSSR count). The summed E-state index contributed by atoms with van der Waals surface area (Å²) in [6, 6.07) is 7.52. The Hall–Kier alpha value is -1.55. The Bertz CT molecular complexity index is 364. The molecule has 4 heteroatoms. The van der Waals surface area contributed by atoms with Crippen molar-refractivity contribution in [1.82, 2.24) is 5.32 Å². The molecule has 0 aliphatic carbocycles. The highest BCUT2D eigenvalue weighted by atomic mass is 16.3. The standard InChI is InChI=1S/C12H18N2O2/c1-9(15)10-6-4-5-7-11(10)14(3)8-12(16)13-2/h4-7,9,15H,8H2,1-3H3,(H,13,16). The van der Waals surface area contributed by atoms with Crippen molar-refractivity contribution in [2.75, 3.05) is 25.5 Å². The summed E-state index contributed by atoms with van der Waals surface area (Å²) in [5, 5.41) is 12.2. The summed E-state index contributed by atoms with van der Waals surface area (Å²) in [5.74, 6) is -0.0529. The largest absolute Gasteiger partial charge is 0.389 e. The van der Waals surface area contributed by atoms with Gasteiger partial charge in [-0.1, -0.05) is 18.2 Å². The fraction of sp³-hybridized carbons (Fsp3) is 0.417. The van der Waals surface area contributed by atoms with Crippen LogP contribution >= 0.6 is 0 Å². The van der Waals surface area contributed by atoms with Gasteiger partial charge in [0.25, 0.3) is 0 Å². The lowest BCUT2D eigenvalue weighted by atomic mass is 10.1. The van der Waals surface area contributed by atoms with Crippen molar-refractivity contribution >= 4 is 11.6 Å². The Labute approximate surface area is 95.9 Å². The average Bonchev–Trinajstić information content (AvgIpc) is 2.28. The minimum absolute atomic E-state index is 0.0529. The van der Waals surface area contributed by atoms with Crippen molar-refractivity contribution in [3.8, 4) is 0 Å². The lowest BCUT2D eigenvalue weighted by molar-refractivity contribution is -0.119. The zero-order valence-electron chi connectivity index (χ0n) is 9.90. The van der Waals surface area contributed by atoms with E-state index in [2.05, 4.69) is 5.32 Å². The quantitative estimate of drug-likeness (QED) is 0.796. The van der Waals surface area contributed by atoms with Crippen molar-refractivity contribution in [3.05, 3.63) is 29.8 Å². The van der Waals surface area contributed by atoms with Crippen LogP contribution in [0, 0.1) is 0 Å². The highest BCUT2D eigenvalue weighted by Crippen LogP contribution is 2.24. The van der Waals surface area contributed by atoms with E-state index in [9.17, 15) is 9.90 Å². The molecule has 0 aliphatic heterocycles. The summed E-state index contributed by atoms with van der Waals surface area (Å²) in [6.45, 7) is 1.99. The van der Waals surface area contributed by atoms with E-state index in [1.54, 1.807) is 14.0 Å². The number of para-hydroxylation sites is 1. The third-order valence-corrected chi connectivity index (χ3v) is 2.46. The maximum atomic E-state index is 11.3. The van der Waals surface area contributed by atoms with E-state index in [1.165, 1.54) is 0 Å². The molecule has 0 aliphatic rings. The van der Waals surface area contributed by atoms with Crippen LogP contribution in [0.25, 0.3) is 0 Å². The number of rotatable bonds is 4. The molecule has 0 radical (unpaired) electrons. The number of hydrogen-bond acceptors (Lipinski definition) is 3. The van der Waals surface area contributed by atoms with Gasteiger partial charge < -0.3 is 15.3 Å². The normalized spacial score (nSPS) is 12.0. The van der Waals surface area contributed by atoms with Gasteiger partial charge in [-0.15, -0.1) is 0 Å². The Morgan fingerprint density at radius 2 is 2.12 bits per heavy atom. The first-order valence-corrected chi connectivity index (χ1v) is 5.25. The van der Waals surface area contributed by atoms with Gasteiger partial charge in [-0.2, -0.15) is 0 Å². The van der Waals surface area contributed by atoms with Gasteiger partial charge in [0.2, 0.25) is 5.91 Å². The zero-order valence-corrected chi connectivity index (χ0v) is 9.90. The van der Waals surface area contributed by atoms with Crippen LogP contribution in [-0.4, -0.2) is 31.7 Å². The number of amides is 1. The van der Waals surface area contributed by atoms with Gasteiger partial charge in [0.05, 0.1) is 12.6 Å². The Morgan fingerprint density at radius 1 is 1.50 bits per heavy atom. The van der Waals surface area contributed by atoms with Crippen LogP contribution in [0.3, 0.4) is 0 Å². The fourth-order valence-corrected chi connectivity index (χ4v) is 1.57. The molecule has 4 nitrogen and oxygen atoms in total. The third kappa shape index (κ3) is 2.97. The van der Waals surface area contributed by atoms with Crippen LogP contribution in [-0.2, 0) is 4.79 Å². The molecule has 0 saturated carbocycles. The third-order valence-electron chi connectivity index (χ3n) is 2.46. The topological polar surface area (TPSA) is 52.6 Å². The summed E-state index contributed by atoms with van der Waals surface area (Å²) >= 11 is 0. The predicted octanol–water partition coefficient (Wildman–Crippen LogP) is 0.922. The number of nitrogens with one attached hydrogen (secondary N) is 1. The van der Waals surface area contributed by atoms with Crippen molar-refractivity contribution in [2.24, 2.45) is 0 Å². The lowest BCUT2D eigenvalue weighted by Gasteiger charge is -2.22. The van der Waals surface area contributed by atoms with Crippen molar-refractivity contribution in [3.63, 3.8) is 0 Å². The first kappa shape index (κ1) is 12.5. The molecule has 0 saturated heterocycles. The minimum Gasteiger partial charge on any atom is -0.389 e. The molecular formula is C12H18N2O2. The van der Waals surface area contributed by atoms with Gasteiger partial charge in [-0.3, -0.25) is 4.79 Å². The fourth-order valence-electron chi connectivity index (χ4n) is 1.57. The molecule has 1 atom stereocenters. The molecule has 1 aromatic carbocycles. The molecule has 1 unspecified atom stereocenters. The monoisotopic (exact) mass is 222 g/mol. The van der Waals surface area contributed by atoms with Crippen LogP contribution < -0.4 is 10.2 Å². The highest BCUT2D eigenvalue weighted by Gasteiger charge is 2.12. The van der Waals surface area contributed by atoms with Gasteiger partial charge in [0.15, 0.2) is 0 Å². The molecule has 2 N–H and O–H groups in total. The maximum Gasteiger partial charge on any atom is 0.239 e. The number of benzene rings is 1. The van der Waals surface area contributed by atoms with E-state index in [0.717, 1.165) is 11.3 Å². The van der Waals surface area contributed by atoms with Crippen molar-refractivity contribution in [2.45, 2.75) is 13.0 Å². The first-order valence-electron chi connectivity index (χ1n) is 5.25. The number of anilines is 1. The van der Waals surface area contributed by atoms with Crippen LogP contribution in [0.1, 0.15) is 18.6 Å². The number of aliphatic hydroxyl groups excluding tert-OH is 1. The molecule has 88 valence electrons. The number of hydrogen-bond donors (Lipinski definition) is 2. The second-order valence-corrected chi connectivity index (χ2v) is 3.76. The molecular weight excluding hydrogens is 204 g/mol. The smallest absolute Gasteiger partial charge is 0.239 e. The van der Waals surface area contributed by atoms with Crippen molar-refractivity contribution in [1.29, 1.82) is 0 Å². The van der Waals surface area contributed by atoms with Crippen LogP contribution in [0.15, 0.2) is 24.3 Å². The molecule has 0 aromatic heterocycles. The minimum atomic E-state index is -0.539. The van der Waals surface area contributed by atoms with E-state index < -0.39 is 6.10 Å². The average molecular weight is 222 g/mol. The maximum absolute atomic E-state index is 11.3. The second kappa shape index (κ2) is 5.51. The Balaban J connectivity index is 2.90. The summed E-state index contributed by atoms with van der Waals surface area (Å²) in [6.07, 6.45) is -0.539. The number of likely N-dealkylation sites (N-methyl/N-ethyl adjacent to an activating group) is 2. The van der Waals surface area contributed by atoms with E-state index in [-0.39, 0.29) is 12.5 Å². The predicted molar refractivity (Wildman–Crippen MR) is 64.4 cm³/mol. The summed E-state index contributed by atoms with van der Waals surface area (Å²) in [4.78, 5) is 13.1. The zero-order chi connectivity index (χ0) is 12.1. The molecule has 0 fully saturated rings. The van der Waals surface area contributed by atoms with Gasteiger partial charge in [-0.25, -0.2) is 0 Å². The molecule has 0 heterocycles. The number of aliphatic hydroxyl groups is 1. The highest BCUT2D eigenvalue weighted by molar-refractivity contribution is 5.81. The van der Waals surface area contributed by atoms with E-state index >= 15 is 0 Å². The number of carbonyl (C=O) groups excluding carboxylic acids is 1. The second-order valence-electron chi connectivity index (χ2n) is 3.76. The Morgan fingerprint density at radius 3 is 2.69 bits per heavy atom.